The van der Waals surface area contributed by atoms with Gasteiger partial charge in [0, 0.05) is 32.7 Å². The fraction of sp³-hybridized carbons (Fsp3) is 0.833. The zero-order valence-electron chi connectivity index (χ0n) is 10.7. The Bertz CT molecular complexity index is 311. The van der Waals surface area contributed by atoms with Crippen molar-refractivity contribution < 1.29 is 9.59 Å². The molecule has 2 fully saturated rings. The lowest BCUT2D eigenvalue weighted by molar-refractivity contribution is -0.139. The Balaban J connectivity index is 1.96. The summed E-state index contributed by atoms with van der Waals surface area (Å²) in [6, 6.07) is -0.193. The van der Waals surface area contributed by atoms with Crippen molar-refractivity contribution >= 4 is 11.8 Å². The van der Waals surface area contributed by atoms with E-state index in [4.69, 9.17) is 0 Å². The first-order chi connectivity index (χ1) is 8.17. The minimum absolute atomic E-state index is 0.00227. The van der Waals surface area contributed by atoms with Gasteiger partial charge in [-0.05, 0) is 13.5 Å². The summed E-state index contributed by atoms with van der Waals surface area (Å²) in [6.07, 6.45) is 0.374. The summed E-state index contributed by atoms with van der Waals surface area (Å²) in [7, 11) is 0. The average Bonchev–Trinajstić information content (AvgIpc) is 2.64. The van der Waals surface area contributed by atoms with Crippen LogP contribution in [0.2, 0.25) is 0 Å². The van der Waals surface area contributed by atoms with E-state index < -0.39 is 0 Å². The lowest BCUT2D eigenvalue weighted by Gasteiger charge is -2.36. The minimum Gasteiger partial charge on any atom is -0.301 e. The van der Waals surface area contributed by atoms with Gasteiger partial charge in [0.05, 0.1) is 12.5 Å². The Morgan fingerprint density at radius 2 is 1.71 bits per heavy atom. The average molecular weight is 239 g/mol. The highest BCUT2D eigenvalue weighted by molar-refractivity contribution is 6.05. The van der Waals surface area contributed by atoms with Gasteiger partial charge in [0.15, 0.2) is 0 Å². The number of rotatable bonds is 3. The first-order valence-electron chi connectivity index (χ1n) is 6.48. The molecule has 1 atom stereocenters. The molecule has 0 spiro atoms. The van der Waals surface area contributed by atoms with Crippen LogP contribution < -0.4 is 0 Å². The van der Waals surface area contributed by atoms with Gasteiger partial charge in [-0.2, -0.15) is 0 Å². The molecule has 0 N–H and O–H groups in total. The summed E-state index contributed by atoms with van der Waals surface area (Å²) in [5.74, 6) is -0.0112. The van der Waals surface area contributed by atoms with E-state index in [1.807, 2.05) is 6.92 Å². The highest BCUT2D eigenvalue weighted by atomic mass is 16.2. The maximum atomic E-state index is 12.0. The van der Waals surface area contributed by atoms with Crippen LogP contribution in [-0.4, -0.2) is 71.8 Å². The molecule has 0 unspecified atom stereocenters. The van der Waals surface area contributed by atoms with Gasteiger partial charge in [-0.3, -0.25) is 19.4 Å². The number of amides is 2. The van der Waals surface area contributed by atoms with Crippen LogP contribution in [0.15, 0.2) is 0 Å². The van der Waals surface area contributed by atoms with Gasteiger partial charge >= 0.3 is 0 Å². The Labute approximate surface area is 102 Å². The number of piperazine rings is 1. The highest BCUT2D eigenvalue weighted by Crippen LogP contribution is 2.19. The lowest BCUT2D eigenvalue weighted by Crippen LogP contribution is -2.52. The third-order valence-electron chi connectivity index (χ3n) is 3.83. The summed E-state index contributed by atoms with van der Waals surface area (Å²) in [6.45, 7) is 9.37. The smallest absolute Gasteiger partial charge is 0.247 e. The van der Waals surface area contributed by atoms with E-state index in [2.05, 4.69) is 16.7 Å². The molecule has 2 aliphatic rings. The van der Waals surface area contributed by atoms with Crippen molar-refractivity contribution in [1.82, 2.24) is 14.7 Å². The molecule has 17 heavy (non-hydrogen) atoms. The van der Waals surface area contributed by atoms with Crippen LogP contribution in [-0.2, 0) is 9.59 Å². The van der Waals surface area contributed by atoms with E-state index in [1.54, 1.807) is 0 Å². The van der Waals surface area contributed by atoms with E-state index in [0.717, 1.165) is 32.7 Å². The molecule has 2 amide bonds. The number of likely N-dealkylation sites (tertiary alicyclic amines) is 1. The van der Waals surface area contributed by atoms with Crippen molar-refractivity contribution in [2.24, 2.45) is 0 Å². The van der Waals surface area contributed by atoms with Crippen molar-refractivity contribution in [3.63, 3.8) is 0 Å². The van der Waals surface area contributed by atoms with E-state index in [0.29, 0.717) is 13.0 Å². The van der Waals surface area contributed by atoms with Gasteiger partial charge in [-0.1, -0.05) is 6.92 Å². The Morgan fingerprint density at radius 3 is 2.18 bits per heavy atom. The predicted octanol–water partition coefficient (Wildman–Crippen LogP) is -0.229. The number of likely N-dealkylation sites (N-methyl/N-ethyl adjacent to an activating group) is 2. The maximum Gasteiger partial charge on any atom is 0.247 e. The second kappa shape index (κ2) is 5.14. The number of hydrogen-bond acceptors (Lipinski definition) is 4. The molecular formula is C12H21N3O2. The fourth-order valence-electron chi connectivity index (χ4n) is 2.67. The van der Waals surface area contributed by atoms with Crippen LogP contribution in [0.25, 0.3) is 0 Å². The van der Waals surface area contributed by atoms with Crippen molar-refractivity contribution in [1.29, 1.82) is 0 Å². The summed E-state index contributed by atoms with van der Waals surface area (Å²) in [5.41, 5.74) is 0. The summed E-state index contributed by atoms with van der Waals surface area (Å²) < 4.78 is 0. The fourth-order valence-corrected chi connectivity index (χ4v) is 2.67. The zero-order chi connectivity index (χ0) is 12.4. The van der Waals surface area contributed by atoms with Gasteiger partial charge in [-0.15, -0.1) is 0 Å². The second-order valence-electron chi connectivity index (χ2n) is 4.67. The largest absolute Gasteiger partial charge is 0.301 e. The van der Waals surface area contributed by atoms with Crippen molar-refractivity contribution in [2.75, 3.05) is 39.3 Å². The zero-order valence-corrected chi connectivity index (χ0v) is 10.7. The quantitative estimate of drug-likeness (QED) is 0.638. The molecular weight excluding hydrogens is 218 g/mol. The molecule has 2 rings (SSSR count). The highest BCUT2D eigenvalue weighted by Gasteiger charge is 2.41. The standard InChI is InChI=1S/C12H21N3O2/c1-3-13-5-7-14(8-6-13)10-9-11(16)15(4-2)12(10)17/h10H,3-9H2,1-2H3/t10-/m1/s1. The molecule has 0 saturated carbocycles. The molecule has 2 heterocycles. The van der Waals surface area contributed by atoms with E-state index in [-0.39, 0.29) is 17.9 Å². The van der Waals surface area contributed by atoms with Crippen LogP contribution in [0.4, 0.5) is 0 Å². The van der Waals surface area contributed by atoms with Crippen LogP contribution in [0.1, 0.15) is 20.3 Å². The molecule has 0 aliphatic carbocycles. The molecule has 5 nitrogen and oxygen atoms in total. The van der Waals surface area contributed by atoms with Crippen LogP contribution >= 0.6 is 0 Å². The molecule has 0 aromatic carbocycles. The first kappa shape index (κ1) is 12.5. The van der Waals surface area contributed by atoms with Gasteiger partial charge in [0.2, 0.25) is 11.8 Å². The monoisotopic (exact) mass is 239 g/mol. The number of carbonyl (C=O) groups is 2. The molecule has 2 saturated heterocycles. The third kappa shape index (κ3) is 2.35. The maximum absolute atomic E-state index is 12.0. The van der Waals surface area contributed by atoms with Crippen LogP contribution in [0, 0.1) is 0 Å². The number of imide groups is 1. The SMILES string of the molecule is CCN1CCN([C@@H]2CC(=O)N(CC)C2=O)CC1. The minimum atomic E-state index is -0.193. The van der Waals surface area contributed by atoms with Crippen molar-refractivity contribution in [3.8, 4) is 0 Å². The molecule has 2 aliphatic heterocycles. The van der Waals surface area contributed by atoms with Gasteiger partial charge in [-0.25, -0.2) is 0 Å². The number of hydrogen-bond donors (Lipinski definition) is 0. The van der Waals surface area contributed by atoms with Crippen LogP contribution in [0.5, 0.6) is 0 Å². The molecule has 96 valence electrons. The normalized spacial score (nSPS) is 28.1. The van der Waals surface area contributed by atoms with Gasteiger partial charge in [0.1, 0.15) is 0 Å². The topological polar surface area (TPSA) is 43.9 Å². The summed E-state index contributed by atoms with van der Waals surface area (Å²) in [5, 5.41) is 0. The van der Waals surface area contributed by atoms with E-state index >= 15 is 0 Å². The molecule has 0 aromatic rings. The second-order valence-corrected chi connectivity index (χ2v) is 4.67. The van der Waals surface area contributed by atoms with Crippen LogP contribution in [0.3, 0.4) is 0 Å². The Hall–Kier alpha value is -0.940. The Kier molecular flexibility index (Phi) is 3.79. The number of nitrogens with zero attached hydrogens (tertiary/aromatic N) is 3. The number of carbonyl (C=O) groups excluding carboxylic acids is 2. The van der Waals surface area contributed by atoms with Gasteiger partial charge in [0.25, 0.3) is 0 Å². The first-order valence-corrected chi connectivity index (χ1v) is 6.48. The van der Waals surface area contributed by atoms with E-state index in [9.17, 15) is 9.59 Å². The third-order valence-corrected chi connectivity index (χ3v) is 3.83. The summed E-state index contributed by atoms with van der Waals surface area (Å²) in [4.78, 5) is 29.6. The Morgan fingerprint density at radius 1 is 1.06 bits per heavy atom. The molecule has 0 bridgehead atoms. The molecule has 5 heteroatoms. The van der Waals surface area contributed by atoms with E-state index in [1.165, 1.54) is 4.90 Å². The molecule has 0 aromatic heterocycles. The lowest BCUT2D eigenvalue weighted by atomic mass is 10.2. The molecule has 0 radical (unpaired) electrons. The van der Waals surface area contributed by atoms with Crippen molar-refractivity contribution in [2.45, 2.75) is 26.3 Å². The van der Waals surface area contributed by atoms with Gasteiger partial charge < -0.3 is 4.90 Å². The predicted molar refractivity (Wildman–Crippen MR) is 64.5 cm³/mol. The summed E-state index contributed by atoms with van der Waals surface area (Å²) >= 11 is 0. The van der Waals surface area contributed by atoms with Crippen molar-refractivity contribution in [3.05, 3.63) is 0 Å².